The molecule has 1 aliphatic heterocycles. The summed E-state index contributed by atoms with van der Waals surface area (Å²) in [6, 6.07) is 12.5. The first-order valence-electron chi connectivity index (χ1n) is 8.82. The number of hydrogen-bond donors (Lipinski definition) is 0. The molecule has 0 N–H and O–H groups in total. The normalized spacial score (nSPS) is 16.4. The Hall–Kier alpha value is -1.67. The molecule has 0 spiro atoms. The molecule has 146 valence electrons. The third-order valence-corrected chi connectivity index (χ3v) is 6.89. The second kappa shape index (κ2) is 9.01. The second-order valence-electron chi connectivity index (χ2n) is 6.33. The molecule has 0 aromatic heterocycles. The minimum Gasteiger partial charge on any atom is -0.494 e. The molecule has 1 saturated heterocycles. The third-order valence-electron chi connectivity index (χ3n) is 4.49. The smallest absolute Gasteiger partial charge is 0.244 e. The zero-order chi connectivity index (χ0) is 19.3. The summed E-state index contributed by atoms with van der Waals surface area (Å²) in [7, 11) is -3.56. The van der Waals surface area contributed by atoms with Gasteiger partial charge in [-0.3, -0.25) is 0 Å². The van der Waals surface area contributed by atoms with Gasteiger partial charge in [0, 0.05) is 32.7 Å². The maximum absolute atomic E-state index is 12.8. The number of rotatable bonds is 7. The molecule has 1 aliphatic rings. The van der Waals surface area contributed by atoms with Gasteiger partial charge < -0.3 is 9.64 Å². The van der Waals surface area contributed by atoms with Gasteiger partial charge in [-0.2, -0.15) is 4.31 Å². The lowest BCUT2D eigenvalue weighted by atomic mass is 10.3. The summed E-state index contributed by atoms with van der Waals surface area (Å²) >= 11 is 6.05. The van der Waals surface area contributed by atoms with Crippen LogP contribution in [-0.4, -0.2) is 57.0 Å². The Morgan fingerprint density at radius 2 is 1.67 bits per heavy atom. The molecule has 2 aromatic carbocycles. The summed E-state index contributed by atoms with van der Waals surface area (Å²) in [6.07, 6.45) is 0.814. The molecule has 5 nitrogen and oxygen atoms in total. The Morgan fingerprint density at radius 3 is 2.33 bits per heavy atom. The molecule has 0 aliphatic carbocycles. The SMILES string of the molecule is O=S(=O)(c1ccccc1Cl)N1CCN(CCCOc2ccc(F)cc2)CC1. The van der Waals surface area contributed by atoms with Crippen molar-refractivity contribution in [3.8, 4) is 5.75 Å². The molecule has 0 saturated carbocycles. The van der Waals surface area contributed by atoms with Crippen LogP contribution >= 0.6 is 11.6 Å². The zero-order valence-electron chi connectivity index (χ0n) is 14.9. The molecular formula is C19H22ClFN2O3S. The van der Waals surface area contributed by atoms with E-state index in [1.165, 1.54) is 22.5 Å². The number of ether oxygens (including phenoxy) is 1. The summed E-state index contributed by atoms with van der Waals surface area (Å²) in [5, 5.41) is 0.248. The van der Waals surface area contributed by atoms with E-state index in [0.29, 0.717) is 38.5 Å². The third kappa shape index (κ3) is 5.19. The molecule has 8 heteroatoms. The maximum atomic E-state index is 12.8. The maximum Gasteiger partial charge on any atom is 0.244 e. The number of nitrogens with zero attached hydrogens (tertiary/aromatic N) is 2. The van der Waals surface area contributed by atoms with Crippen molar-refractivity contribution in [2.75, 3.05) is 39.3 Å². The van der Waals surface area contributed by atoms with Crippen molar-refractivity contribution in [1.29, 1.82) is 0 Å². The molecule has 0 radical (unpaired) electrons. The monoisotopic (exact) mass is 412 g/mol. The van der Waals surface area contributed by atoms with Crippen LogP contribution in [0, 0.1) is 5.82 Å². The number of piperazine rings is 1. The first-order chi connectivity index (χ1) is 13.0. The quantitative estimate of drug-likeness (QED) is 0.655. The van der Waals surface area contributed by atoms with Gasteiger partial charge in [-0.05, 0) is 42.8 Å². The first kappa shape index (κ1) is 20.1. The fraction of sp³-hybridized carbons (Fsp3) is 0.368. The minimum absolute atomic E-state index is 0.160. The van der Waals surface area contributed by atoms with E-state index in [0.717, 1.165) is 13.0 Å². The highest BCUT2D eigenvalue weighted by molar-refractivity contribution is 7.89. The lowest BCUT2D eigenvalue weighted by Crippen LogP contribution is -2.48. The van der Waals surface area contributed by atoms with E-state index in [-0.39, 0.29) is 15.7 Å². The summed E-state index contributed by atoms with van der Waals surface area (Å²) in [6.45, 7) is 3.56. The Labute approximate surface area is 164 Å². The molecule has 1 fully saturated rings. The van der Waals surface area contributed by atoms with Crippen LogP contribution in [0.4, 0.5) is 4.39 Å². The standard InChI is InChI=1S/C19H22ClFN2O3S/c20-18-4-1-2-5-19(18)27(24,25)23-13-11-22(12-14-23)10-3-15-26-17-8-6-16(21)7-9-17/h1-2,4-9H,3,10-15H2. The van der Waals surface area contributed by atoms with Crippen LogP contribution < -0.4 is 4.74 Å². The summed E-state index contributed by atoms with van der Waals surface area (Å²) in [4.78, 5) is 2.37. The topological polar surface area (TPSA) is 49.9 Å². The van der Waals surface area contributed by atoms with E-state index < -0.39 is 10.0 Å². The van der Waals surface area contributed by atoms with E-state index >= 15 is 0 Å². The summed E-state index contributed by atoms with van der Waals surface area (Å²) in [5.74, 6) is 0.360. The first-order valence-corrected chi connectivity index (χ1v) is 10.6. The van der Waals surface area contributed by atoms with Crippen molar-refractivity contribution in [3.63, 3.8) is 0 Å². The largest absolute Gasteiger partial charge is 0.494 e. The van der Waals surface area contributed by atoms with E-state index in [1.54, 1.807) is 30.3 Å². The van der Waals surface area contributed by atoms with E-state index in [2.05, 4.69) is 4.90 Å². The van der Waals surface area contributed by atoms with Gasteiger partial charge in [-0.15, -0.1) is 0 Å². The number of sulfonamides is 1. The number of benzene rings is 2. The average molecular weight is 413 g/mol. The van der Waals surface area contributed by atoms with Gasteiger partial charge in [-0.1, -0.05) is 23.7 Å². The Morgan fingerprint density at radius 1 is 1.00 bits per heavy atom. The van der Waals surface area contributed by atoms with Crippen LogP contribution in [0.1, 0.15) is 6.42 Å². The Kier molecular flexibility index (Phi) is 6.70. The van der Waals surface area contributed by atoms with Gasteiger partial charge in [0.15, 0.2) is 0 Å². The molecule has 0 unspecified atom stereocenters. The van der Waals surface area contributed by atoms with Crippen LogP contribution in [-0.2, 0) is 10.0 Å². The lowest BCUT2D eigenvalue weighted by Gasteiger charge is -2.34. The second-order valence-corrected chi connectivity index (χ2v) is 8.65. The molecule has 0 bridgehead atoms. The van der Waals surface area contributed by atoms with Crippen molar-refractivity contribution < 1.29 is 17.5 Å². The van der Waals surface area contributed by atoms with Crippen molar-refractivity contribution in [3.05, 3.63) is 59.4 Å². The van der Waals surface area contributed by atoms with Crippen LogP contribution in [0.5, 0.6) is 5.75 Å². The summed E-state index contributed by atoms with van der Waals surface area (Å²) in [5.41, 5.74) is 0. The molecule has 0 atom stereocenters. The fourth-order valence-corrected chi connectivity index (χ4v) is 4.91. The Balaban J connectivity index is 1.43. The molecule has 0 amide bonds. The van der Waals surface area contributed by atoms with Gasteiger partial charge in [0.1, 0.15) is 16.5 Å². The van der Waals surface area contributed by atoms with Crippen LogP contribution in [0.2, 0.25) is 5.02 Å². The van der Waals surface area contributed by atoms with E-state index in [1.807, 2.05) is 0 Å². The van der Waals surface area contributed by atoms with Crippen LogP contribution in [0.3, 0.4) is 0 Å². The molecular weight excluding hydrogens is 391 g/mol. The van der Waals surface area contributed by atoms with Crippen molar-refractivity contribution in [2.24, 2.45) is 0 Å². The molecule has 2 aromatic rings. The van der Waals surface area contributed by atoms with Gasteiger partial charge >= 0.3 is 0 Å². The van der Waals surface area contributed by atoms with Crippen molar-refractivity contribution in [1.82, 2.24) is 9.21 Å². The van der Waals surface area contributed by atoms with Crippen molar-refractivity contribution in [2.45, 2.75) is 11.3 Å². The fourth-order valence-electron chi connectivity index (χ4n) is 3.00. The molecule has 27 heavy (non-hydrogen) atoms. The van der Waals surface area contributed by atoms with E-state index in [4.69, 9.17) is 16.3 Å². The Bertz CT molecular complexity index is 854. The van der Waals surface area contributed by atoms with Gasteiger partial charge in [0.25, 0.3) is 0 Å². The predicted molar refractivity (Wildman–Crippen MR) is 103 cm³/mol. The number of halogens is 2. The molecule has 1 heterocycles. The van der Waals surface area contributed by atoms with E-state index in [9.17, 15) is 12.8 Å². The zero-order valence-corrected chi connectivity index (χ0v) is 16.4. The van der Waals surface area contributed by atoms with Crippen molar-refractivity contribution >= 4 is 21.6 Å². The molecule has 3 rings (SSSR count). The van der Waals surface area contributed by atoms with Gasteiger partial charge in [0.2, 0.25) is 10.0 Å². The highest BCUT2D eigenvalue weighted by Crippen LogP contribution is 2.25. The average Bonchev–Trinajstić information content (AvgIpc) is 2.67. The summed E-state index contributed by atoms with van der Waals surface area (Å²) < 4.78 is 45.4. The highest BCUT2D eigenvalue weighted by Gasteiger charge is 2.29. The van der Waals surface area contributed by atoms with Gasteiger partial charge in [-0.25, -0.2) is 12.8 Å². The van der Waals surface area contributed by atoms with Crippen LogP contribution in [0.25, 0.3) is 0 Å². The predicted octanol–water partition coefficient (Wildman–Crippen LogP) is 3.25. The van der Waals surface area contributed by atoms with Crippen LogP contribution in [0.15, 0.2) is 53.4 Å². The minimum atomic E-state index is -3.56. The number of hydrogen-bond acceptors (Lipinski definition) is 4. The highest BCUT2D eigenvalue weighted by atomic mass is 35.5. The van der Waals surface area contributed by atoms with Gasteiger partial charge in [0.05, 0.1) is 11.6 Å². The lowest BCUT2D eigenvalue weighted by molar-refractivity contribution is 0.174.